The normalized spacial score (nSPS) is 12.2. The Morgan fingerprint density at radius 2 is 1.52 bits per heavy atom. The summed E-state index contributed by atoms with van der Waals surface area (Å²) in [6, 6.07) is 23.4. The largest absolute Gasteiger partial charge is 0.354 e. The van der Waals surface area contributed by atoms with Gasteiger partial charge in [0.15, 0.2) is 0 Å². The summed E-state index contributed by atoms with van der Waals surface area (Å²) in [5, 5.41) is 2.95. The quantitative estimate of drug-likeness (QED) is 0.271. The van der Waals surface area contributed by atoms with Crippen molar-refractivity contribution in [2.75, 3.05) is 23.7 Å². The fourth-order valence-electron chi connectivity index (χ4n) is 4.50. The predicted molar refractivity (Wildman–Crippen MR) is 165 cm³/mol. The minimum atomic E-state index is -3.82. The molecule has 0 aliphatic carbocycles. The Labute approximate surface area is 246 Å². The molecule has 3 aromatic carbocycles. The van der Waals surface area contributed by atoms with Crippen molar-refractivity contribution in [2.24, 2.45) is 0 Å². The number of hydrogen-bond acceptors (Lipinski definition) is 4. The number of hydrogen-bond donors (Lipinski definition) is 1. The molecule has 2 amide bonds. The van der Waals surface area contributed by atoms with Gasteiger partial charge in [-0.05, 0) is 47.2 Å². The van der Waals surface area contributed by atoms with Crippen LogP contribution < -0.4 is 9.62 Å². The first kappa shape index (κ1) is 31.4. The summed E-state index contributed by atoms with van der Waals surface area (Å²) in [5.74, 6) is -0.691. The Kier molecular flexibility index (Phi) is 11.3. The van der Waals surface area contributed by atoms with Crippen molar-refractivity contribution in [3.05, 3.63) is 100 Å². The van der Waals surface area contributed by atoms with Crippen LogP contribution in [0.4, 0.5) is 5.69 Å². The smallest absolute Gasteiger partial charge is 0.244 e. The third-order valence-electron chi connectivity index (χ3n) is 6.59. The average Bonchev–Trinajstić information content (AvgIpc) is 2.93. The van der Waals surface area contributed by atoms with Gasteiger partial charge in [0.25, 0.3) is 0 Å². The zero-order chi connectivity index (χ0) is 29.3. The second kappa shape index (κ2) is 14.5. The molecule has 0 aliphatic rings. The second-order valence-electron chi connectivity index (χ2n) is 10.1. The molecule has 40 heavy (non-hydrogen) atoms. The number of sulfonamides is 1. The lowest BCUT2D eigenvalue weighted by Gasteiger charge is -2.34. The fraction of sp³-hybridized carbons (Fsp3) is 0.355. The van der Waals surface area contributed by atoms with E-state index in [0.29, 0.717) is 18.7 Å². The maximum atomic E-state index is 14.2. The highest BCUT2D eigenvalue weighted by Crippen LogP contribution is 2.29. The summed E-state index contributed by atoms with van der Waals surface area (Å²) in [4.78, 5) is 29.2. The van der Waals surface area contributed by atoms with Gasteiger partial charge in [-0.3, -0.25) is 13.9 Å². The third kappa shape index (κ3) is 8.66. The first-order valence-electron chi connectivity index (χ1n) is 13.4. The Hall–Kier alpha value is -3.17. The van der Waals surface area contributed by atoms with Crippen LogP contribution in [0.25, 0.3) is 0 Å². The SMILES string of the molecule is CCCNC(=O)C(Cc1ccccc1)N(Cc1ccc(Br)cc1)C(=O)CN(c1ccccc1C(C)C)S(C)(=O)=O. The van der Waals surface area contributed by atoms with Crippen LogP contribution in [0.15, 0.2) is 83.3 Å². The van der Waals surface area contributed by atoms with E-state index in [4.69, 9.17) is 0 Å². The van der Waals surface area contributed by atoms with Crippen LogP contribution in [0.2, 0.25) is 0 Å². The third-order valence-corrected chi connectivity index (χ3v) is 8.25. The minimum Gasteiger partial charge on any atom is -0.354 e. The van der Waals surface area contributed by atoms with E-state index in [2.05, 4.69) is 21.2 Å². The van der Waals surface area contributed by atoms with Crippen molar-refractivity contribution in [2.45, 2.75) is 52.1 Å². The van der Waals surface area contributed by atoms with Crippen molar-refractivity contribution < 1.29 is 18.0 Å². The maximum absolute atomic E-state index is 14.2. The number of rotatable bonds is 13. The molecule has 1 atom stereocenters. The molecule has 0 radical (unpaired) electrons. The van der Waals surface area contributed by atoms with Crippen molar-refractivity contribution in [1.82, 2.24) is 10.2 Å². The molecule has 0 saturated carbocycles. The van der Waals surface area contributed by atoms with Crippen LogP contribution in [-0.2, 0) is 32.6 Å². The highest BCUT2D eigenvalue weighted by atomic mass is 79.9. The first-order valence-corrected chi connectivity index (χ1v) is 16.1. The van der Waals surface area contributed by atoms with Gasteiger partial charge < -0.3 is 10.2 Å². The number of carbonyl (C=O) groups is 2. The number of benzene rings is 3. The van der Waals surface area contributed by atoms with Crippen molar-refractivity contribution in [3.63, 3.8) is 0 Å². The number of amides is 2. The van der Waals surface area contributed by atoms with Gasteiger partial charge in [0.2, 0.25) is 21.8 Å². The molecule has 0 saturated heterocycles. The highest BCUT2D eigenvalue weighted by Gasteiger charge is 2.33. The van der Waals surface area contributed by atoms with Crippen LogP contribution in [0.5, 0.6) is 0 Å². The van der Waals surface area contributed by atoms with Gasteiger partial charge in [0.05, 0.1) is 11.9 Å². The molecule has 1 N–H and O–H groups in total. The minimum absolute atomic E-state index is 0.0417. The number of halogens is 1. The van der Waals surface area contributed by atoms with Crippen LogP contribution in [0.3, 0.4) is 0 Å². The monoisotopic (exact) mass is 627 g/mol. The van der Waals surface area contributed by atoms with Crippen molar-refractivity contribution in [3.8, 4) is 0 Å². The Balaban J connectivity index is 2.07. The zero-order valence-corrected chi connectivity index (χ0v) is 25.9. The number of nitrogens with zero attached hydrogens (tertiary/aromatic N) is 2. The molecule has 0 aromatic heterocycles. The van der Waals surface area contributed by atoms with E-state index < -0.39 is 28.5 Å². The van der Waals surface area contributed by atoms with Gasteiger partial charge in [0, 0.05) is 24.0 Å². The van der Waals surface area contributed by atoms with E-state index in [-0.39, 0.29) is 18.4 Å². The molecule has 0 bridgehead atoms. The van der Waals surface area contributed by atoms with E-state index >= 15 is 0 Å². The topological polar surface area (TPSA) is 86.8 Å². The molecule has 214 valence electrons. The zero-order valence-electron chi connectivity index (χ0n) is 23.5. The van der Waals surface area contributed by atoms with E-state index in [0.717, 1.165) is 38.1 Å². The second-order valence-corrected chi connectivity index (χ2v) is 13.0. The predicted octanol–water partition coefficient (Wildman–Crippen LogP) is 5.50. The molecule has 1 unspecified atom stereocenters. The lowest BCUT2D eigenvalue weighted by Crippen LogP contribution is -2.53. The summed E-state index contributed by atoms with van der Waals surface area (Å²) in [6.45, 7) is 6.12. The molecule has 3 rings (SSSR count). The Morgan fingerprint density at radius 3 is 2.12 bits per heavy atom. The number of para-hydroxylation sites is 1. The molecule has 7 nitrogen and oxygen atoms in total. The summed E-state index contributed by atoms with van der Waals surface area (Å²) >= 11 is 3.45. The van der Waals surface area contributed by atoms with Gasteiger partial charge >= 0.3 is 0 Å². The standard InChI is InChI=1S/C31H38BrN3O4S/c1-5-19-33-31(37)29(20-24-11-7-6-8-12-24)34(21-25-15-17-26(32)18-16-25)30(36)22-35(40(4,38)39)28-14-10-9-13-27(28)23(2)3/h6-18,23,29H,5,19-22H2,1-4H3,(H,33,37). The molecular weight excluding hydrogens is 590 g/mol. The fourth-order valence-corrected chi connectivity index (χ4v) is 5.64. The number of nitrogens with one attached hydrogen (secondary N) is 1. The van der Waals surface area contributed by atoms with Gasteiger partial charge in [-0.2, -0.15) is 0 Å². The van der Waals surface area contributed by atoms with Gasteiger partial charge in [-0.25, -0.2) is 8.42 Å². The summed E-state index contributed by atoms with van der Waals surface area (Å²) in [7, 11) is -3.82. The Bertz CT molecular complexity index is 1380. The Morgan fingerprint density at radius 1 is 0.900 bits per heavy atom. The average molecular weight is 629 g/mol. The molecule has 0 spiro atoms. The van der Waals surface area contributed by atoms with Crippen LogP contribution in [-0.4, -0.2) is 50.5 Å². The first-order chi connectivity index (χ1) is 19.0. The molecule has 0 heterocycles. The van der Waals surface area contributed by atoms with E-state index in [1.165, 1.54) is 4.90 Å². The maximum Gasteiger partial charge on any atom is 0.244 e. The molecule has 3 aromatic rings. The molecule has 0 fully saturated rings. The van der Waals surface area contributed by atoms with Gasteiger partial charge in [0.1, 0.15) is 12.6 Å². The summed E-state index contributed by atoms with van der Waals surface area (Å²) in [5.41, 5.74) is 3.01. The van der Waals surface area contributed by atoms with Crippen molar-refractivity contribution >= 4 is 43.5 Å². The van der Waals surface area contributed by atoms with Gasteiger partial charge in [-0.15, -0.1) is 0 Å². The highest BCUT2D eigenvalue weighted by molar-refractivity contribution is 9.10. The summed E-state index contributed by atoms with van der Waals surface area (Å²) < 4.78 is 28.2. The van der Waals surface area contributed by atoms with E-state index in [1.807, 2.05) is 87.5 Å². The van der Waals surface area contributed by atoms with Crippen LogP contribution in [0, 0.1) is 0 Å². The van der Waals surface area contributed by atoms with Crippen LogP contribution in [0.1, 0.15) is 49.8 Å². The lowest BCUT2D eigenvalue weighted by molar-refractivity contribution is -0.140. The van der Waals surface area contributed by atoms with Crippen molar-refractivity contribution in [1.29, 1.82) is 0 Å². The molecule has 0 aliphatic heterocycles. The van der Waals surface area contributed by atoms with Crippen LogP contribution >= 0.6 is 15.9 Å². The molecular formula is C31H38BrN3O4S. The van der Waals surface area contributed by atoms with E-state index in [9.17, 15) is 18.0 Å². The number of anilines is 1. The van der Waals surface area contributed by atoms with E-state index in [1.54, 1.807) is 12.1 Å². The van der Waals surface area contributed by atoms with Gasteiger partial charge in [-0.1, -0.05) is 97.4 Å². The molecule has 9 heteroatoms. The number of carbonyl (C=O) groups excluding carboxylic acids is 2. The lowest BCUT2D eigenvalue weighted by atomic mass is 10.0. The summed E-state index contributed by atoms with van der Waals surface area (Å²) in [6.07, 6.45) is 2.14.